The van der Waals surface area contributed by atoms with E-state index in [9.17, 15) is 4.79 Å². The first-order valence-electron chi connectivity index (χ1n) is 7.37. The molecule has 3 nitrogen and oxygen atoms in total. The highest BCUT2D eigenvalue weighted by molar-refractivity contribution is 5.70. The van der Waals surface area contributed by atoms with Crippen LogP contribution in [0.4, 0.5) is 0 Å². The molecule has 0 radical (unpaired) electrons. The summed E-state index contributed by atoms with van der Waals surface area (Å²) in [5.41, 5.74) is 0.472. The average Bonchev–Trinajstić information content (AvgIpc) is 2.42. The predicted octanol–water partition coefficient (Wildman–Crippen LogP) is 3.20. The van der Waals surface area contributed by atoms with E-state index in [1.807, 2.05) is 25.1 Å². The fraction of sp³-hybridized carbons (Fsp3) is 0.588. The molecule has 0 aromatic heterocycles. The van der Waals surface area contributed by atoms with Crippen LogP contribution in [0.5, 0.6) is 0 Å². The number of likely N-dealkylation sites (tertiary alicyclic amines) is 1. The van der Waals surface area contributed by atoms with E-state index >= 15 is 0 Å². The third-order valence-corrected chi connectivity index (χ3v) is 4.42. The summed E-state index contributed by atoms with van der Waals surface area (Å²) in [4.78, 5) is 14.3. The van der Waals surface area contributed by atoms with E-state index in [0.717, 1.165) is 25.1 Å². The lowest BCUT2D eigenvalue weighted by Crippen LogP contribution is -2.56. The summed E-state index contributed by atoms with van der Waals surface area (Å²) in [6, 6.07) is 10.2. The Morgan fingerprint density at radius 3 is 2.50 bits per heavy atom. The van der Waals surface area contributed by atoms with Gasteiger partial charge in [-0.05, 0) is 12.6 Å². The second kappa shape index (κ2) is 5.57. The number of piperidine rings is 1. The molecule has 1 aromatic rings. The highest BCUT2D eigenvalue weighted by Crippen LogP contribution is 2.48. The molecule has 0 spiro atoms. The molecule has 0 unspecified atom stereocenters. The zero-order valence-corrected chi connectivity index (χ0v) is 13.0. The van der Waals surface area contributed by atoms with E-state index in [-0.39, 0.29) is 11.4 Å². The molecule has 20 heavy (non-hydrogen) atoms. The molecule has 3 heteroatoms. The highest BCUT2D eigenvalue weighted by atomic mass is 16.6. The molecular formula is C17H25NO2. The lowest BCUT2D eigenvalue weighted by atomic mass is 9.66. The van der Waals surface area contributed by atoms with Crippen molar-refractivity contribution in [1.29, 1.82) is 0 Å². The van der Waals surface area contributed by atoms with Gasteiger partial charge in [-0.1, -0.05) is 51.1 Å². The lowest BCUT2D eigenvalue weighted by Gasteiger charge is -2.52. The third kappa shape index (κ3) is 2.59. The Labute approximate surface area is 121 Å². The Bertz CT molecular complexity index is 469. The molecule has 1 saturated heterocycles. The fourth-order valence-corrected chi connectivity index (χ4v) is 3.33. The van der Waals surface area contributed by atoms with Gasteiger partial charge < -0.3 is 9.64 Å². The molecule has 1 aliphatic rings. The first-order chi connectivity index (χ1) is 9.41. The Kier molecular flexibility index (Phi) is 4.19. The number of rotatable bonds is 3. The molecule has 1 heterocycles. The van der Waals surface area contributed by atoms with Gasteiger partial charge in [0, 0.05) is 31.3 Å². The summed E-state index contributed by atoms with van der Waals surface area (Å²) in [5, 5.41) is 0. The quantitative estimate of drug-likeness (QED) is 0.793. The summed E-state index contributed by atoms with van der Waals surface area (Å²) in [5.74, 6) is -0.119. The molecule has 1 atom stereocenters. The smallest absolute Gasteiger partial charge is 0.306 e. The van der Waals surface area contributed by atoms with Gasteiger partial charge in [-0.15, -0.1) is 0 Å². The molecule has 110 valence electrons. The van der Waals surface area contributed by atoms with Crippen LogP contribution in [-0.4, -0.2) is 31.0 Å². The van der Waals surface area contributed by atoms with Gasteiger partial charge in [0.25, 0.3) is 0 Å². The molecule has 0 aliphatic carbocycles. The molecule has 2 rings (SSSR count). The van der Waals surface area contributed by atoms with E-state index in [1.165, 1.54) is 0 Å². The van der Waals surface area contributed by atoms with Crippen LogP contribution in [0.15, 0.2) is 30.3 Å². The number of carbonyl (C=O) groups is 1. The largest absolute Gasteiger partial charge is 0.453 e. The van der Waals surface area contributed by atoms with Gasteiger partial charge in [0.15, 0.2) is 0 Å². The van der Waals surface area contributed by atoms with Crippen LogP contribution in [0, 0.1) is 5.41 Å². The molecule has 0 bridgehead atoms. The summed E-state index contributed by atoms with van der Waals surface area (Å²) in [6.07, 6.45) is 1.26. The van der Waals surface area contributed by atoms with Gasteiger partial charge in [0.2, 0.25) is 0 Å². The van der Waals surface area contributed by atoms with Crippen LogP contribution in [-0.2, 0) is 15.1 Å². The number of carbonyl (C=O) groups excluding carboxylic acids is 1. The van der Waals surface area contributed by atoms with E-state index in [2.05, 4.69) is 37.9 Å². The Morgan fingerprint density at radius 2 is 1.95 bits per heavy atom. The van der Waals surface area contributed by atoms with Crippen molar-refractivity contribution in [3.63, 3.8) is 0 Å². The molecule has 0 amide bonds. The minimum Gasteiger partial charge on any atom is -0.453 e. The molecular weight excluding hydrogens is 250 g/mol. The normalized spacial score (nSPS) is 26.2. The Morgan fingerprint density at radius 1 is 1.30 bits per heavy atom. The van der Waals surface area contributed by atoms with Crippen LogP contribution in [0.2, 0.25) is 0 Å². The lowest BCUT2D eigenvalue weighted by molar-refractivity contribution is -0.189. The number of esters is 1. The predicted molar refractivity (Wildman–Crippen MR) is 80.4 cm³/mol. The molecule has 1 aromatic carbocycles. The van der Waals surface area contributed by atoms with Crippen LogP contribution in [0.25, 0.3) is 0 Å². The fourth-order valence-electron chi connectivity index (χ4n) is 3.33. The zero-order chi connectivity index (χ0) is 14.8. The van der Waals surface area contributed by atoms with Crippen molar-refractivity contribution in [3.8, 4) is 0 Å². The van der Waals surface area contributed by atoms with Gasteiger partial charge >= 0.3 is 5.97 Å². The SMILES string of the molecule is CCC(=O)O[C@@]1(c2ccccc2)CCN(C)CC1(C)C. The standard InChI is InChI=1S/C17H25NO2/c1-5-15(19)20-17(14-9-7-6-8-10-14)11-12-18(4)13-16(17,2)3/h6-10H,5,11-13H2,1-4H3/t17-/m1/s1. The van der Waals surface area contributed by atoms with Crippen LogP contribution < -0.4 is 0 Å². The maximum absolute atomic E-state index is 12.0. The van der Waals surface area contributed by atoms with Gasteiger partial charge in [-0.3, -0.25) is 4.79 Å². The molecule has 1 aliphatic heterocycles. The van der Waals surface area contributed by atoms with Crippen molar-refractivity contribution in [2.24, 2.45) is 5.41 Å². The number of ether oxygens (including phenoxy) is 1. The van der Waals surface area contributed by atoms with Crippen LogP contribution >= 0.6 is 0 Å². The zero-order valence-electron chi connectivity index (χ0n) is 13.0. The van der Waals surface area contributed by atoms with Crippen molar-refractivity contribution in [2.45, 2.75) is 39.2 Å². The minimum atomic E-state index is -0.520. The number of nitrogens with zero attached hydrogens (tertiary/aromatic N) is 1. The summed E-state index contributed by atoms with van der Waals surface area (Å²) in [6.45, 7) is 8.09. The van der Waals surface area contributed by atoms with E-state index in [1.54, 1.807) is 0 Å². The van der Waals surface area contributed by atoms with Gasteiger partial charge in [-0.25, -0.2) is 0 Å². The van der Waals surface area contributed by atoms with E-state index in [0.29, 0.717) is 6.42 Å². The van der Waals surface area contributed by atoms with Crippen molar-refractivity contribution in [1.82, 2.24) is 4.90 Å². The van der Waals surface area contributed by atoms with Crippen LogP contribution in [0.1, 0.15) is 39.2 Å². The van der Waals surface area contributed by atoms with Crippen molar-refractivity contribution >= 4 is 5.97 Å². The van der Waals surface area contributed by atoms with E-state index in [4.69, 9.17) is 4.74 Å². The van der Waals surface area contributed by atoms with Gasteiger partial charge in [-0.2, -0.15) is 0 Å². The maximum Gasteiger partial charge on any atom is 0.306 e. The van der Waals surface area contributed by atoms with E-state index < -0.39 is 5.60 Å². The van der Waals surface area contributed by atoms with Crippen LogP contribution in [0.3, 0.4) is 0 Å². The average molecular weight is 275 g/mol. The highest BCUT2D eigenvalue weighted by Gasteiger charge is 2.52. The third-order valence-electron chi connectivity index (χ3n) is 4.42. The van der Waals surface area contributed by atoms with Crippen molar-refractivity contribution < 1.29 is 9.53 Å². The van der Waals surface area contributed by atoms with Gasteiger partial charge in [0.1, 0.15) is 5.60 Å². The second-order valence-electron chi connectivity index (χ2n) is 6.39. The minimum absolute atomic E-state index is 0.119. The summed E-state index contributed by atoms with van der Waals surface area (Å²) >= 11 is 0. The van der Waals surface area contributed by atoms with Crippen molar-refractivity contribution in [2.75, 3.05) is 20.1 Å². The number of hydrogen-bond donors (Lipinski definition) is 0. The maximum atomic E-state index is 12.0. The topological polar surface area (TPSA) is 29.5 Å². The monoisotopic (exact) mass is 275 g/mol. The Balaban J connectivity index is 2.46. The summed E-state index contributed by atoms with van der Waals surface area (Å²) in [7, 11) is 2.12. The first-order valence-corrected chi connectivity index (χ1v) is 7.37. The van der Waals surface area contributed by atoms with Gasteiger partial charge in [0.05, 0.1) is 0 Å². The van der Waals surface area contributed by atoms with Crippen molar-refractivity contribution in [3.05, 3.63) is 35.9 Å². The molecule has 1 fully saturated rings. The Hall–Kier alpha value is -1.35. The number of benzene rings is 1. The molecule has 0 N–H and O–H groups in total. The summed E-state index contributed by atoms with van der Waals surface area (Å²) < 4.78 is 6.01. The first kappa shape index (κ1) is 15.0. The molecule has 0 saturated carbocycles. The second-order valence-corrected chi connectivity index (χ2v) is 6.39. The number of hydrogen-bond acceptors (Lipinski definition) is 3.